The molecule has 2 rings (SSSR count). The molecule has 0 unspecified atom stereocenters. The number of nitrogens with zero attached hydrogens (tertiary/aromatic N) is 3. The van der Waals surface area contributed by atoms with Gasteiger partial charge in [0.25, 0.3) is 0 Å². The normalized spacial score (nSPS) is 11.4. The minimum atomic E-state index is -0.159. The highest BCUT2D eigenvalue weighted by molar-refractivity contribution is 5.29. The first-order valence-corrected chi connectivity index (χ1v) is 6.10. The lowest BCUT2D eigenvalue weighted by atomic mass is 10.1. The van der Waals surface area contributed by atoms with Crippen molar-refractivity contribution in [1.29, 1.82) is 0 Å². The van der Waals surface area contributed by atoms with Gasteiger partial charge in [-0.05, 0) is 28.8 Å². The minimum absolute atomic E-state index is 0.159. The van der Waals surface area contributed by atoms with E-state index in [1.807, 2.05) is 61.5 Å². The average Bonchev–Trinajstić information content (AvgIpc) is 2.47. The maximum absolute atomic E-state index is 8.40. The Bertz CT molecular complexity index is 560. The second-order valence-corrected chi connectivity index (χ2v) is 4.22. The van der Waals surface area contributed by atoms with E-state index in [9.17, 15) is 0 Å². The maximum Gasteiger partial charge on any atom is 0.119 e. The summed E-state index contributed by atoms with van der Waals surface area (Å²) in [6.45, 7) is 2.41. The summed E-state index contributed by atoms with van der Waals surface area (Å²) in [7, 11) is 0. The molecule has 0 saturated carbocycles. The molecule has 0 aliphatic rings. The van der Waals surface area contributed by atoms with Crippen molar-refractivity contribution in [3.8, 4) is 5.75 Å². The second kappa shape index (κ2) is 6.47. The first-order valence-electron chi connectivity index (χ1n) is 6.10. The monoisotopic (exact) mass is 253 g/mol. The molecule has 2 aromatic carbocycles. The molecule has 0 fully saturated rings. The van der Waals surface area contributed by atoms with Gasteiger partial charge in [0.15, 0.2) is 0 Å². The highest BCUT2D eigenvalue weighted by Crippen LogP contribution is 2.20. The molecule has 4 nitrogen and oxygen atoms in total. The van der Waals surface area contributed by atoms with E-state index in [1.165, 1.54) is 0 Å². The van der Waals surface area contributed by atoms with Gasteiger partial charge in [-0.1, -0.05) is 54.5 Å². The maximum atomic E-state index is 8.40. The molecule has 0 aliphatic carbocycles. The van der Waals surface area contributed by atoms with Crippen LogP contribution in [0.15, 0.2) is 59.7 Å². The Morgan fingerprint density at radius 1 is 1.11 bits per heavy atom. The number of ether oxygens (including phenoxy) is 1. The van der Waals surface area contributed by atoms with Crippen molar-refractivity contribution in [3.05, 3.63) is 76.2 Å². The Kier molecular flexibility index (Phi) is 4.43. The quantitative estimate of drug-likeness (QED) is 0.435. The van der Waals surface area contributed by atoms with Gasteiger partial charge < -0.3 is 4.74 Å². The van der Waals surface area contributed by atoms with Crippen LogP contribution in [0.25, 0.3) is 10.4 Å². The van der Waals surface area contributed by atoms with Crippen molar-refractivity contribution in [2.24, 2.45) is 5.11 Å². The van der Waals surface area contributed by atoms with Crippen LogP contribution >= 0.6 is 0 Å². The molecule has 4 heteroatoms. The molecular weight excluding hydrogens is 238 g/mol. The summed E-state index contributed by atoms with van der Waals surface area (Å²) in [5.41, 5.74) is 10.5. The zero-order valence-corrected chi connectivity index (χ0v) is 10.7. The van der Waals surface area contributed by atoms with E-state index in [2.05, 4.69) is 10.0 Å². The number of azide groups is 1. The van der Waals surface area contributed by atoms with E-state index >= 15 is 0 Å². The number of hydrogen-bond acceptors (Lipinski definition) is 2. The molecule has 0 saturated heterocycles. The molecule has 0 N–H and O–H groups in total. The van der Waals surface area contributed by atoms with Crippen LogP contribution in [-0.2, 0) is 6.61 Å². The molecule has 0 aromatic heterocycles. The number of benzene rings is 2. The van der Waals surface area contributed by atoms with Crippen LogP contribution < -0.4 is 4.74 Å². The standard InChI is InChI=1S/C15H15N3O/c1-12(17-18-16)14-7-9-15(10-8-14)19-11-13-5-3-2-4-6-13/h2-10,12H,11H2,1H3/t12-/m1/s1. The predicted molar refractivity (Wildman–Crippen MR) is 74.8 cm³/mol. The van der Waals surface area contributed by atoms with Gasteiger partial charge in [-0.25, -0.2) is 0 Å². The van der Waals surface area contributed by atoms with Gasteiger partial charge in [-0.3, -0.25) is 0 Å². The third-order valence-electron chi connectivity index (χ3n) is 2.84. The summed E-state index contributed by atoms with van der Waals surface area (Å²) in [6.07, 6.45) is 0. The number of rotatable bonds is 5. The van der Waals surface area contributed by atoms with Gasteiger partial charge in [0.2, 0.25) is 0 Å². The molecular formula is C15H15N3O. The summed E-state index contributed by atoms with van der Waals surface area (Å²) in [5.74, 6) is 0.806. The Morgan fingerprint density at radius 2 is 1.79 bits per heavy atom. The van der Waals surface area contributed by atoms with E-state index in [0.717, 1.165) is 16.9 Å². The van der Waals surface area contributed by atoms with Crippen LogP contribution in [0.4, 0.5) is 0 Å². The molecule has 96 valence electrons. The largest absolute Gasteiger partial charge is 0.489 e. The Labute approximate surface area is 112 Å². The van der Waals surface area contributed by atoms with Gasteiger partial charge in [0, 0.05) is 4.91 Å². The molecule has 0 bridgehead atoms. The Hall–Kier alpha value is -2.45. The topological polar surface area (TPSA) is 58.0 Å². The van der Waals surface area contributed by atoms with Crippen molar-refractivity contribution < 1.29 is 4.74 Å². The van der Waals surface area contributed by atoms with Crippen LogP contribution in [0.1, 0.15) is 24.1 Å². The summed E-state index contributed by atoms with van der Waals surface area (Å²) in [4.78, 5) is 2.80. The number of hydrogen-bond donors (Lipinski definition) is 0. The smallest absolute Gasteiger partial charge is 0.119 e. The van der Waals surface area contributed by atoms with Gasteiger partial charge in [0.05, 0.1) is 6.04 Å². The molecule has 2 aromatic rings. The SMILES string of the molecule is C[C@@H](N=[N+]=[N-])c1ccc(OCc2ccccc2)cc1. The molecule has 0 heterocycles. The van der Waals surface area contributed by atoms with Crippen LogP contribution in [0.5, 0.6) is 5.75 Å². The van der Waals surface area contributed by atoms with Crippen molar-refractivity contribution in [2.45, 2.75) is 19.6 Å². The fourth-order valence-electron chi connectivity index (χ4n) is 1.73. The molecule has 0 spiro atoms. The zero-order chi connectivity index (χ0) is 13.5. The highest BCUT2D eigenvalue weighted by atomic mass is 16.5. The lowest BCUT2D eigenvalue weighted by molar-refractivity contribution is 0.306. The van der Waals surface area contributed by atoms with E-state index in [-0.39, 0.29) is 6.04 Å². The Balaban J connectivity index is 1.97. The molecule has 0 aliphatic heterocycles. The fraction of sp³-hybridized carbons (Fsp3) is 0.200. The third kappa shape index (κ3) is 3.76. The third-order valence-corrected chi connectivity index (χ3v) is 2.84. The van der Waals surface area contributed by atoms with Crippen molar-refractivity contribution in [2.75, 3.05) is 0 Å². The second-order valence-electron chi connectivity index (χ2n) is 4.22. The van der Waals surface area contributed by atoms with Gasteiger partial charge >= 0.3 is 0 Å². The van der Waals surface area contributed by atoms with Gasteiger partial charge in [-0.15, -0.1) is 0 Å². The highest BCUT2D eigenvalue weighted by Gasteiger charge is 2.02. The summed E-state index contributed by atoms with van der Waals surface area (Å²) >= 11 is 0. The summed E-state index contributed by atoms with van der Waals surface area (Å²) in [5, 5.41) is 3.66. The van der Waals surface area contributed by atoms with Crippen molar-refractivity contribution in [3.63, 3.8) is 0 Å². The predicted octanol–water partition coefficient (Wildman–Crippen LogP) is 4.64. The fourth-order valence-corrected chi connectivity index (χ4v) is 1.73. The molecule has 0 radical (unpaired) electrons. The van der Waals surface area contributed by atoms with E-state index in [4.69, 9.17) is 10.3 Å². The van der Waals surface area contributed by atoms with Crippen LogP contribution in [0, 0.1) is 0 Å². The first-order chi connectivity index (χ1) is 9.29. The van der Waals surface area contributed by atoms with Gasteiger partial charge in [-0.2, -0.15) is 0 Å². The van der Waals surface area contributed by atoms with E-state index in [1.54, 1.807) is 0 Å². The first kappa shape index (κ1) is 13.0. The Morgan fingerprint density at radius 3 is 2.42 bits per heavy atom. The van der Waals surface area contributed by atoms with E-state index < -0.39 is 0 Å². The van der Waals surface area contributed by atoms with Crippen LogP contribution in [0.3, 0.4) is 0 Å². The molecule has 19 heavy (non-hydrogen) atoms. The van der Waals surface area contributed by atoms with Crippen molar-refractivity contribution >= 4 is 0 Å². The molecule has 1 atom stereocenters. The molecule has 0 amide bonds. The van der Waals surface area contributed by atoms with E-state index in [0.29, 0.717) is 6.61 Å². The zero-order valence-electron chi connectivity index (χ0n) is 10.7. The van der Waals surface area contributed by atoms with Crippen molar-refractivity contribution in [1.82, 2.24) is 0 Å². The average molecular weight is 253 g/mol. The lowest BCUT2D eigenvalue weighted by Crippen LogP contribution is -1.95. The minimum Gasteiger partial charge on any atom is -0.489 e. The summed E-state index contributed by atoms with van der Waals surface area (Å²) in [6, 6.07) is 17.5. The lowest BCUT2D eigenvalue weighted by Gasteiger charge is -2.08. The van der Waals surface area contributed by atoms with Crippen LogP contribution in [-0.4, -0.2) is 0 Å². The van der Waals surface area contributed by atoms with Gasteiger partial charge in [0.1, 0.15) is 12.4 Å². The van der Waals surface area contributed by atoms with Crippen LogP contribution in [0.2, 0.25) is 0 Å². The summed E-state index contributed by atoms with van der Waals surface area (Å²) < 4.78 is 5.68.